The number of aromatic nitrogens is 1. The van der Waals surface area contributed by atoms with E-state index in [-0.39, 0.29) is 18.5 Å². The van der Waals surface area contributed by atoms with Gasteiger partial charge in [-0.2, -0.15) is 5.26 Å². The number of para-hydroxylation sites is 1. The van der Waals surface area contributed by atoms with Crippen molar-refractivity contribution in [2.45, 2.75) is 18.4 Å². The summed E-state index contributed by atoms with van der Waals surface area (Å²) in [4.78, 5) is 17.2. The van der Waals surface area contributed by atoms with Gasteiger partial charge in [-0.25, -0.2) is 4.98 Å². The fourth-order valence-corrected chi connectivity index (χ4v) is 4.34. The number of cyclic esters (lactones) is 1. The van der Waals surface area contributed by atoms with E-state index in [1.54, 1.807) is 12.1 Å². The Balaban J connectivity index is 1.32. The number of carbonyl (C=O) groups excluding carboxylic acids is 1. The maximum atomic E-state index is 12.6. The zero-order valence-electron chi connectivity index (χ0n) is 18.6. The first-order valence-corrected chi connectivity index (χ1v) is 11.0. The van der Waals surface area contributed by atoms with Crippen molar-refractivity contribution < 1.29 is 19.0 Å². The minimum Gasteiger partial charge on any atom is -0.495 e. The van der Waals surface area contributed by atoms with Gasteiger partial charge in [-0.15, -0.1) is 0 Å². The van der Waals surface area contributed by atoms with Crippen LogP contribution < -0.4 is 9.47 Å². The standard InChI is InChI=1S/C28H22N2O4/c1-32-26-13-9-20(14-21(26)15-29)24-17-34-28(31)27(24)19-7-11-23(12-8-19)33-16-22-10-6-18-4-2-3-5-25(18)30-22/h2-14,24,27H,16-17H2,1H3. The summed E-state index contributed by atoms with van der Waals surface area (Å²) < 4.78 is 16.6. The average molecular weight is 450 g/mol. The second kappa shape index (κ2) is 9.24. The number of benzene rings is 3. The van der Waals surface area contributed by atoms with Gasteiger partial charge in [0, 0.05) is 11.3 Å². The lowest BCUT2D eigenvalue weighted by Gasteiger charge is -2.17. The number of rotatable bonds is 6. The first-order chi connectivity index (χ1) is 16.7. The summed E-state index contributed by atoms with van der Waals surface area (Å²) >= 11 is 0. The first-order valence-electron chi connectivity index (χ1n) is 11.0. The third kappa shape index (κ3) is 4.16. The third-order valence-electron chi connectivity index (χ3n) is 6.12. The SMILES string of the molecule is COc1ccc(C2COC(=O)C2c2ccc(OCc3ccc4ccccc4n3)cc2)cc1C#N. The molecule has 0 N–H and O–H groups in total. The Morgan fingerprint density at radius 3 is 2.62 bits per heavy atom. The molecule has 34 heavy (non-hydrogen) atoms. The predicted molar refractivity (Wildman–Crippen MR) is 127 cm³/mol. The van der Waals surface area contributed by atoms with Crippen LogP contribution in [0.15, 0.2) is 78.9 Å². The van der Waals surface area contributed by atoms with Gasteiger partial charge in [0.15, 0.2) is 0 Å². The van der Waals surface area contributed by atoms with E-state index in [0.717, 1.165) is 27.7 Å². The maximum absolute atomic E-state index is 12.6. The number of esters is 1. The highest BCUT2D eigenvalue weighted by molar-refractivity contribution is 5.82. The molecule has 0 saturated carbocycles. The summed E-state index contributed by atoms with van der Waals surface area (Å²) in [5, 5.41) is 10.5. The van der Waals surface area contributed by atoms with Crippen molar-refractivity contribution in [3.63, 3.8) is 0 Å². The molecule has 6 heteroatoms. The number of hydrogen-bond acceptors (Lipinski definition) is 6. The van der Waals surface area contributed by atoms with Crippen LogP contribution in [0.5, 0.6) is 11.5 Å². The number of methoxy groups -OCH3 is 1. The molecule has 0 aliphatic carbocycles. The Kier molecular flexibility index (Phi) is 5.84. The summed E-state index contributed by atoms with van der Waals surface area (Å²) in [6.45, 7) is 0.619. The van der Waals surface area contributed by atoms with Crippen LogP contribution in [0.25, 0.3) is 10.9 Å². The molecule has 1 aliphatic rings. The lowest BCUT2D eigenvalue weighted by molar-refractivity contribution is -0.139. The topological polar surface area (TPSA) is 81.4 Å². The number of hydrogen-bond donors (Lipinski definition) is 0. The van der Waals surface area contributed by atoms with Crippen LogP contribution in [0.3, 0.4) is 0 Å². The number of nitrogens with zero attached hydrogens (tertiary/aromatic N) is 2. The van der Waals surface area contributed by atoms with E-state index >= 15 is 0 Å². The van der Waals surface area contributed by atoms with Crippen molar-refractivity contribution in [2.75, 3.05) is 13.7 Å². The van der Waals surface area contributed by atoms with Gasteiger partial charge in [-0.1, -0.05) is 42.5 Å². The van der Waals surface area contributed by atoms with Crippen LogP contribution in [0.2, 0.25) is 0 Å². The highest BCUT2D eigenvalue weighted by Crippen LogP contribution is 2.40. The fourth-order valence-electron chi connectivity index (χ4n) is 4.34. The second-order valence-corrected chi connectivity index (χ2v) is 8.14. The van der Waals surface area contributed by atoms with Gasteiger partial charge in [0.2, 0.25) is 0 Å². The molecule has 1 fully saturated rings. The molecule has 0 bridgehead atoms. The molecule has 168 valence electrons. The monoisotopic (exact) mass is 450 g/mol. The molecule has 0 spiro atoms. The predicted octanol–water partition coefficient (Wildman–Crippen LogP) is 5.12. The van der Waals surface area contributed by atoms with Gasteiger partial charge >= 0.3 is 5.97 Å². The Bertz CT molecular complexity index is 1390. The lowest BCUT2D eigenvalue weighted by atomic mass is 9.83. The Morgan fingerprint density at radius 1 is 1.03 bits per heavy atom. The summed E-state index contributed by atoms with van der Waals surface area (Å²) in [5.41, 5.74) is 3.93. The molecule has 0 radical (unpaired) electrons. The van der Waals surface area contributed by atoms with Crippen LogP contribution in [-0.2, 0) is 16.1 Å². The summed E-state index contributed by atoms with van der Waals surface area (Å²) in [7, 11) is 1.53. The summed E-state index contributed by atoms with van der Waals surface area (Å²) in [5.74, 6) is 0.303. The molecule has 3 aromatic carbocycles. The highest BCUT2D eigenvalue weighted by Gasteiger charge is 2.39. The van der Waals surface area contributed by atoms with E-state index in [9.17, 15) is 10.1 Å². The molecule has 2 atom stereocenters. The quantitative estimate of drug-likeness (QED) is 0.379. The van der Waals surface area contributed by atoms with E-state index < -0.39 is 5.92 Å². The highest BCUT2D eigenvalue weighted by atomic mass is 16.5. The molecule has 2 heterocycles. The van der Waals surface area contributed by atoms with Gasteiger partial charge in [0.1, 0.15) is 24.2 Å². The van der Waals surface area contributed by atoms with Crippen molar-refractivity contribution in [1.82, 2.24) is 4.98 Å². The van der Waals surface area contributed by atoms with Crippen LogP contribution in [-0.4, -0.2) is 24.7 Å². The van der Waals surface area contributed by atoms with Crippen LogP contribution >= 0.6 is 0 Å². The summed E-state index contributed by atoms with van der Waals surface area (Å²) in [6, 6.07) is 27.0. The van der Waals surface area contributed by atoms with Crippen LogP contribution in [0.1, 0.15) is 34.2 Å². The Hall–Kier alpha value is -4.37. The summed E-state index contributed by atoms with van der Waals surface area (Å²) in [6.07, 6.45) is 0. The van der Waals surface area contributed by atoms with Crippen molar-refractivity contribution in [3.05, 3.63) is 101 Å². The van der Waals surface area contributed by atoms with E-state index in [1.807, 2.05) is 66.7 Å². The molecular formula is C28H22N2O4. The third-order valence-corrected chi connectivity index (χ3v) is 6.12. The van der Waals surface area contributed by atoms with Gasteiger partial charge < -0.3 is 14.2 Å². The molecule has 4 aromatic rings. The first kappa shape index (κ1) is 21.5. The molecule has 1 aliphatic heterocycles. The van der Waals surface area contributed by atoms with E-state index in [0.29, 0.717) is 23.7 Å². The molecular weight excluding hydrogens is 428 g/mol. The molecule has 0 amide bonds. The van der Waals surface area contributed by atoms with Crippen molar-refractivity contribution >= 4 is 16.9 Å². The fraction of sp³-hybridized carbons (Fsp3) is 0.179. The van der Waals surface area contributed by atoms with Gasteiger partial charge in [0.05, 0.1) is 36.4 Å². The molecule has 2 unspecified atom stereocenters. The second-order valence-electron chi connectivity index (χ2n) is 8.14. The van der Waals surface area contributed by atoms with Crippen LogP contribution in [0.4, 0.5) is 0 Å². The largest absolute Gasteiger partial charge is 0.495 e. The Labute approximate surface area is 197 Å². The smallest absolute Gasteiger partial charge is 0.314 e. The Morgan fingerprint density at radius 2 is 1.82 bits per heavy atom. The number of ether oxygens (including phenoxy) is 3. The van der Waals surface area contributed by atoms with Crippen molar-refractivity contribution in [3.8, 4) is 17.6 Å². The van der Waals surface area contributed by atoms with Gasteiger partial charge in [0.25, 0.3) is 0 Å². The zero-order chi connectivity index (χ0) is 23.5. The number of nitriles is 1. The number of carbonyl (C=O) groups is 1. The molecule has 1 saturated heterocycles. The molecule has 5 rings (SSSR count). The van der Waals surface area contributed by atoms with Gasteiger partial charge in [-0.3, -0.25) is 4.79 Å². The molecule has 6 nitrogen and oxygen atoms in total. The van der Waals surface area contributed by atoms with Crippen molar-refractivity contribution in [2.24, 2.45) is 0 Å². The molecule has 1 aromatic heterocycles. The maximum Gasteiger partial charge on any atom is 0.314 e. The average Bonchev–Trinajstić information content (AvgIpc) is 3.28. The lowest BCUT2D eigenvalue weighted by Crippen LogP contribution is -2.13. The van der Waals surface area contributed by atoms with E-state index in [4.69, 9.17) is 14.2 Å². The number of pyridine rings is 1. The zero-order valence-corrected chi connectivity index (χ0v) is 18.6. The normalized spacial score (nSPS) is 17.2. The van der Waals surface area contributed by atoms with Crippen LogP contribution in [0, 0.1) is 11.3 Å². The minimum atomic E-state index is -0.448. The minimum absolute atomic E-state index is 0.181. The number of fused-ring (bicyclic) bond motifs is 1. The van der Waals surface area contributed by atoms with Crippen molar-refractivity contribution in [1.29, 1.82) is 5.26 Å². The van der Waals surface area contributed by atoms with Gasteiger partial charge in [-0.05, 0) is 47.5 Å². The van der Waals surface area contributed by atoms with E-state index in [2.05, 4.69) is 11.1 Å². The van der Waals surface area contributed by atoms with E-state index in [1.165, 1.54) is 7.11 Å².